The van der Waals surface area contributed by atoms with Gasteiger partial charge in [-0.05, 0) is 62.6 Å². The van der Waals surface area contributed by atoms with Crippen molar-refractivity contribution >= 4 is 29.0 Å². The van der Waals surface area contributed by atoms with E-state index in [1.165, 1.54) is 23.9 Å². The van der Waals surface area contributed by atoms with E-state index >= 15 is 0 Å². The van der Waals surface area contributed by atoms with Crippen LogP contribution in [0.25, 0.3) is 0 Å². The van der Waals surface area contributed by atoms with Gasteiger partial charge in [-0.1, -0.05) is 29.5 Å². The first kappa shape index (κ1) is 23.3. The van der Waals surface area contributed by atoms with Gasteiger partial charge in [-0.2, -0.15) is 0 Å². The Morgan fingerprint density at radius 1 is 1.21 bits per heavy atom. The topological polar surface area (TPSA) is 81.1 Å². The summed E-state index contributed by atoms with van der Waals surface area (Å²) in [7, 11) is 0. The molecular weight excluding hydrogens is 441 g/mol. The Balaban J connectivity index is 1.42. The lowest BCUT2D eigenvalue weighted by molar-refractivity contribution is -0.113. The first-order chi connectivity index (χ1) is 16.0. The molecule has 9 heteroatoms. The fraction of sp³-hybridized carbons (Fsp3) is 0.375. The molecule has 0 saturated carbocycles. The van der Waals surface area contributed by atoms with Crippen molar-refractivity contribution in [3.63, 3.8) is 0 Å². The van der Waals surface area contributed by atoms with Gasteiger partial charge in [0.1, 0.15) is 5.82 Å². The van der Waals surface area contributed by atoms with Crippen molar-refractivity contribution in [2.45, 2.75) is 51.0 Å². The zero-order valence-electron chi connectivity index (χ0n) is 18.8. The molecule has 1 fully saturated rings. The van der Waals surface area contributed by atoms with E-state index in [4.69, 9.17) is 4.74 Å². The Kier molecular flexibility index (Phi) is 7.61. The summed E-state index contributed by atoms with van der Waals surface area (Å²) in [6.07, 6.45) is 2.13. The van der Waals surface area contributed by atoms with Crippen molar-refractivity contribution in [3.8, 4) is 0 Å². The van der Waals surface area contributed by atoms with Crippen molar-refractivity contribution in [3.05, 3.63) is 65.2 Å². The first-order valence-electron chi connectivity index (χ1n) is 11.0. The minimum Gasteiger partial charge on any atom is -0.378 e. The lowest BCUT2D eigenvalue weighted by Crippen LogP contribution is -2.20. The molecule has 0 unspecified atom stereocenters. The van der Waals surface area contributed by atoms with Crippen molar-refractivity contribution in [1.82, 2.24) is 14.8 Å². The second-order valence-corrected chi connectivity index (χ2v) is 9.10. The molecule has 3 aromatic rings. The van der Waals surface area contributed by atoms with Crippen LogP contribution in [0.4, 0.5) is 15.8 Å². The highest BCUT2D eigenvalue weighted by Gasteiger charge is 2.21. The molecule has 1 aliphatic rings. The fourth-order valence-electron chi connectivity index (χ4n) is 3.75. The average molecular weight is 470 g/mol. The molecule has 0 radical (unpaired) electrons. The number of ether oxygens (including phenoxy) is 1. The Morgan fingerprint density at radius 3 is 2.76 bits per heavy atom. The molecule has 1 amide bonds. The number of nitrogens with one attached hydrogen (secondary N) is 2. The molecule has 0 spiro atoms. The van der Waals surface area contributed by atoms with Crippen LogP contribution in [0.5, 0.6) is 0 Å². The fourth-order valence-corrected chi connectivity index (χ4v) is 4.52. The largest absolute Gasteiger partial charge is 0.378 e. The van der Waals surface area contributed by atoms with Crippen LogP contribution in [-0.2, 0) is 22.6 Å². The van der Waals surface area contributed by atoms with Crippen LogP contribution >= 0.6 is 11.8 Å². The van der Waals surface area contributed by atoms with Gasteiger partial charge < -0.3 is 19.9 Å². The van der Waals surface area contributed by atoms with E-state index in [0.717, 1.165) is 47.8 Å². The predicted molar refractivity (Wildman–Crippen MR) is 128 cm³/mol. The summed E-state index contributed by atoms with van der Waals surface area (Å²) in [6, 6.07) is 12.1. The highest BCUT2D eigenvalue weighted by atomic mass is 32.2. The van der Waals surface area contributed by atoms with E-state index in [1.54, 1.807) is 12.1 Å². The zero-order valence-corrected chi connectivity index (χ0v) is 19.6. The summed E-state index contributed by atoms with van der Waals surface area (Å²) in [4.78, 5) is 12.6. The van der Waals surface area contributed by atoms with Crippen LogP contribution in [0, 0.1) is 19.7 Å². The highest BCUT2D eigenvalue weighted by molar-refractivity contribution is 7.99. The van der Waals surface area contributed by atoms with Crippen LogP contribution < -0.4 is 10.6 Å². The Hall–Kier alpha value is -2.91. The van der Waals surface area contributed by atoms with Gasteiger partial charge in [-0.25, -0.2) is 4.39 Å². The third-order valence-electron chi connectivity index (χ3n) is 5.49. The van der Waals surface area contributed by atoms with Crippen LogP contribution in [0.3, 0.4) is 0 Å². The summed E-state index contributed by atoms with van der Waals surface area (Å²) >= 11 is 1.36. The molecular formula is C24H28FN5O2S. The molecule has 1 aromatic heterocycles. The van der Waals surface area contributed by atoms with Gasteiger partial charge in [-0.15, -0.1) is 10.2 Å². The Bertz CT molecular complexity index is 1100. The minimum atomic E-state index is -0.278. The summed E-state index contributed by atoms with van der Waals surface area (Å²) in [5, 5.41) is 15.6. The number of hydrogen-bond acceptors (Lipinski definition) is 6. The molecule has 7 nitrogen and oxygen atoms in total. The van der Waals surface area contributed by atoms with Gasteiger partial charge in [0.05, 0.1) is 24.9 Å². The zero-order chi connectivity index (χ0) is 23.2. The molecule has 33 heavy (non-hydrogen) atoms. The predicted octanol–water partition coefficient (Wildman–Crippen LogP) is 4.56. The summed E-state index contributed by atoms with van der Waals surface area (Å²) < 4.78 is 21.0. The van der Waals surface area contributed by atoms with E-state index in [1.807, 2.05) is 36.6 Å². The van der Waals surface area contributed by atoms with Crippen LogP contribution in [0.1, 0.15) is 29.8 Å². The maximum atomic E-state index is 13.2. The third kappa shape index (κ3) is 6.33. The number of nitrogens with zero attached hydrogens (tertiary/aromatic N) is 3. The van der Waals surface area contributed by atoms with Gasteiger partial charge >= 0.3 is 0 Å². The molecule has 1 saturated heterocycles. The van der Waals surface area contributed by atoms with Gasteiger partial charge in [0.2, 0.25) is 5.91 Å². The Labute approximate surface area is 197 Å². The number of thioether (sulfide) groups is 1. The number of amides is 1. The SMILES string of the molecule is Cc1ccc(NC(=O)CSc2nnc(CNc3ccc(F)cc3)n2C[C@@H]2CCCO2)c(C)c1. The quantitative estimate of drug-likeness (QED) is 0.448. The number of carbonyl (C=O) groups excluding carboxylic acids is 1. The van der Waals surface area contributed by atoms with Gasteiger partial charge in [0, 0.05) is 18.0 Å². The average Bonchev–Trinajstić information content (AvgIpc) is 3.44. The molecule has 2 N–H and O–H groups in total. The number of anilines is 2. The van der Waals surface area contributed by atoms with Crippen LogP contribution in [0.2, 0.25) is 0 Å². The number of halogens is 1. The highest BCUT2D eigenvalue weighted by Crippen LogP contribution is 2.23. The van der Waals surface area contributed by atoms with Crippen LogP contribution in [-0.4, -0.2) is 39.1 Å². The Morgan fingerprint density at radius 2 is 2.03 bits per heavy atom. The molecule has 1 atom stereocenters. The first-order valence-corrected chi connectivity index (χ1v) is 12.0. The second kappa shape index (κ2) is 10.8. The number of hydrogen-bond donors (Lipinski definition) is 2. The molecule has 2 aromatic carbocycles. The monoisotopic (exact) mass is 469 g/mol. The van der Waals surface area contributed by atoms with Crippen molar-refractivity contribution in [2.24, 2.45) is 0 Å². The summed E-state index contributed by atoms with van der Waals surface area (Å²) in [5.41, 5.74) is 3.80. The van der Waals surface area contributed by atoms with E-state index in [0.29, 0.717) is 18.2 Å². The van der Waals surface area contributed by atoms with Crippen molar-refractivity contribution in [1.29, 1.82) is 0 Å². The number of rotatable bonds is 9. The molecule has 174 valence electrons. The number of aromatic nitrogens is 3. The molecule has 0 aliphatic carbocycles. The standard InChI is InChI=1S/C24H28FN5O2S/c1-16-5-10-21(17(2)12-16)27-23(31)15-33-24-29-28-22(30(24)14-20-4-3-11-32-20)13-26-19-8-6-18(25)7-9-19/h5-10,12,20,26H,3-4,11,13-15H2,1-2H3,(H,27,31)/t20-/m0/s1. The number of benzene rings is 2. The van der Waals surface area contributed by atoms with Gasteiger partial charge in [-0.3, -0.25) is 4.79 Å². The van der Waals surface area contributed by atoms with E-state index < -0.39 is 0 Å². The maximum absolute atomic E-state index is 13.2. The lowest BCUT2D eigenvalue weighted by atomic mass is 10.1. The van der Waals surface area contributed by atoms with E-state index in [9.17, 15) is 9.18 Å². The molecule has 2 heterocycles. The molecule has 1 aliphatic heterocycles. The van der Waals surface area contributed by atoms with Gasteiger partial charge in [0.15, 0.2) is 11.0 Å². The summed E-state index contributed by atoms with van der Waals surface area (Å²) in [5.74, 6) is 0.596. The minimum absolute atomic E-state index is 0.0930. The molecule has 4 rings (SSSR count). The second-order valence-electron chi connectivity index (χ2n) is 8.16. The lowest BCUT2D eigenvalue weighted by Gasteiger charge is -2.15. The van der Waals surface area contributed by atoms with Crippen LogP contribution in [0.15, 0.2) is 47.6 Å². The molecule has 0 bridgehead atoms. The van der Waals surface area contributed by atoms with Crippen molar-refractivity contribution < 1.29 is 13.9 Å². The smallest absolute Gasteiger partial charge is 0.234 e. The number of carbonyl (C=O) groups is 1. The normalized spacial score (nSPS) is 15.5. The van der Waals surface area contributed by atoms with Crippen molar-refractivity contribution in [2.75, 3.05) is 23.0 Å². The third-order valence-corrected chi connectivity index (χ3v) is 6.45. The maximum Gasteiger partial charge on any atom is 0.234 e. The number of aryl methyl sites for hydroxylation is 2. The van der Waals surface area contributed by atoms with E-state index in [2.05, 4.69) is 20.8 Å². The summed E-state index contributed by atoms with van der Waals surface area (Å²) in [6.45, 7) is 5.83. The van der Waals surface area contributed by atoms with Gasteiger partial charge in [0.25, 0.3) is 0 Å². The van der Waals surface area contributed by atoms with E-state index in [-0.39, 0.29) is 23.6 Å².